The first-order valence-corrected chi connectivity index (χ1v) is 10.8. The Morgan fingerprint density at radius 2 is 1.67 bits per heavy atom. The summed E-state index contributed by atoms with van der Waals surface area (Å²) in [6.45, 7) is 5.62. The van der Waals surface area contributed by atoms with Crippen LogP contribution in [-0.2, 0) is 0 Å². The number of halogens is 2. The van der Waals surface area contributed by atoms with Gasteiger partial charge in [0.05, 0.1) is 3.79 Å². The molecule has 0 spiro atoms. The first-order chi connectivity index (χ1) is 10.2. The molecule has 0 bridgehead atoms. The fourth-order valence-electron chi connectivity index (χ4n) is 2.50. The zero-order chi connectivity index (χ0) is 15.5. The van der Waals surface area contributed by atoms with E-state index in [9.17, 15) is 0 Å². The standard InChI is InChI=1S/C17H29Br2NS/c1-3-5-6-7-8-9-10-11-15(20-12-4-2)16-13-14(18)17(19)21-16/h13,15,20H,3-12H2,1-2H3. The van der Waals surface area contributed by atoms with Crippen molar-refractivity contribution in [1.82, 2.24) is 5.32 Å². The number of nitrogens with one attached hydrogen (secondary N) is 1. The highest BCUT2D eigenvalue weighted by Crippen LogP contribution is 2.37. The van der Waals surface area contributed by atoms with E-state index in [2.05, 4.69) is 57.1 Å². The third-order valence-electron chi connectivity index (χ3n) is 3.74. The topological polar surface area (TPSA) is 12.0 Å². The molecular formula is C17H29Br2NS. The van der Waals surface area contributed by atoms with Crippen molar-refractivity contribution in [2.24, 2.45) is 0 Å². The van der Waals surface area contributed by atoms with Gasteiger partial charge in [0.2, 0.25) is 0 Å². The molecule has 0 radical (unpaired) electrons. The summed E-state index contributed by atoms with van der Waals surface area (Å²) >= 11 is 9.07. The van der Waals surface area contributed by atoms with Gasteiger partial charge in [-0.15, -0.1) is 11.3 Å². The van der Waals surface area contributed by atoms with Gasteiger partial charge in [-0.3, -0.25) is 0 Å². The molecule has 0 saturated carbocycles. The van der Waals surface area contributed by atoms with Crippen molar-refractivity contribution in [3.63, 3.8) is 0 Å². The second-order valence-electron chi connectivity index (χ2n) is 5.69. The fourth-order valence-corrected chi connectivity index (χ4v) is 4.70. The van der Waals surface area contributed by atoms with Crippen LogP contribution in [0.3, 0.4) is 0 Å². The molecule has 1 unspecified atom stereocenters. The summed E-state index contributed by atoms with van der Waals surface area (Å²) in [4.78, 5) is 1.45. The van der Waals surface area contributed by atoms with Crippen LogP contribution in [-0.4, -0.2) is 6.54 Å². The van der Waals surface area contributed by atoms with Gasteiger partial charge in [-0.05, 0) is 57.3 Å². The number of hydrogen-bond acceptors (Lipinski definition) is 2. The minimum atomic E-state index is 0.521. The van der Waals surface area contributed by atoms with Gasteiger partial charge >= 0.3 is 0 Å². The lowest BCUT2D eigenvalue weighted by Crippen LogP contribution is -2.21. The Morgan fingerprint density at radius 1 is 1.00 bits per heavy atom. The average molecular weight is 439 g/mol. The van der Waals surface area contributed by atoms with Crippen LogP contribution in [0.5, 0.6) is 0 Å². The fraction of sp³-hybridized carbons (Fsp3) is 0.765. The number of rotatable bonds is 12. The molecule has 1 aromatic heterocycles. The van der Waals surface area contributed by atoms with Crippen molar-refractivity contribution < 1.29 is 0 Å². The molecule has 4 heteroatoms. The zero-order valence-electron chi connectivity index (χ0n) is 13.4. The summed E-state index contributed by atoms with van der Waals surface area (Å²) in [7, 11) is 0. The van der Waals surface area contributed by atoms with Crippen LogP contribution in [0.15, 0.2) is 14.3 Å². The largest absolute Gasteiger partial charge is 0.309 e. The van der Waals surface area contributed by atoms with E-state index in [4.69, 9.17) is 0 Å². The van der Waals surface area contributed by atoms with Crippen LogP contribution in [0.4, 0.5) is 0 Å². The maximum absolute atomic E-state index is 3.71. The summed E-state index contributed by atoms with van der Waals surface area (Å²) in [5.74, 6) is 0. The van der Waals surface area contributed by atoms with Gasteiger partial charge in [0.15, 0.2) is 0 Å². The highest BCUT2D eigenvalue weighted by molar-refractivity contribution is 9.13. The van der Waals surface area contributed by atoms with Gasteiger partial charge in [-0.2, -0.15) is 0 Å². The van der Waals surface area contributed by atoms with E-state index < -0.39 is 0 Å². The Kier molecular flexibility index (Phi) is 11.3. The lowest BCUT2D eigenvalue weighted by atomic mass is 10.0. The van der Waals surface area contributed by atoms with Gasteiger partial charge < -0.3 is 5.32 Å². The van der Waals surface area contributed by atoms with Crippen LogP contribution in [0.25, 0.3) is 0 Å². The Labute approximate surface area is 151 Å². The molecule has 0 aliphatic rings. The molecule has 1 atom stereocenters. The average Bonchev–Trinajstić information content (AvgIpc) is 2.80. The van der Waals surface area contributed by atoms with E-state index in [1.807, 2.05) is 11.3 Å². The molecule has 0 aliphatic carbocycles. The molecule has 1 aromatic rings. The molecule has 1 nitrogen and oxygen atoms in total. The Morgan fingerprint density at radius 3 is 2.24 bits per heavy atom. The van der Waals surface area contributed by atoms with Crippen molar-refractivity contribution in [2.75, 3.05) is 6.54 Å². The SMILES string of the molecule is CCCCCCCCCC(NCCC)c1cc(Br)c(Br)s1. The maximum atomic E-state index is 3.71. The minimum absolute atomic E-state index is 0.521. The molecule has 1 rings (SSSR count). The van der Waals surface area contributed by atoms with Gasteiger partial charge in [-0.25, -0.2) is 0 Å². The molecule has 21 heavy (non-hydrogen) atoms. The van der Waals surface area contributed by atoms with E-state index in [1.54, 1.807) is 0 Å². The summed E-state index contributed by atoms with van der Waals surface area (Å²) in [5, 5.41) is 3.71. The third kappa shape index (κ3) is 8.15. The van der Waals surface area contributed by atoms with Crippen LogP contribution in [0, 0.1) is 0 Å². The van der Waals surface area contributed by atoms with Crippen LogP contribution >= 0.6 is 43.2 Å². The predicted molar refractivity (Wildman–Crippen MR) is 103 cm³/mol. The summed E-state index contributed by atoms with van der Waals surface area (Å²) < 4.78 is 2.39. The Hall–Kier alpha value is 0.620. The van der Waals surface area contributed by atoms with E-state index in [1.165, 1.54) is 70.9 Å². The number of hydrogen-bond donors (Lipinski definition) is 1. The van der Waals surface area contributed by atoms with E-state index in [-0.39, 0.29) is 0 Å². The molecular weight excluding hydrogens is 410 g/mol. The lowest BCUT2D eigenvalue weighted by molar-refractivity contribution is 0.471. The molecule has 0 saturated heterocycles. The second-order valence-corrected chi connectivity index (χ2v) is 8.94. The quantitative estimate of drug-likeness (QED) is 0.334. The first kappa shape index (κ1) is 19.7. The van der Waals surface area contributed by atoms with Crippen molar-refractivity contribution in [1.29, 1.82) is 0 Å². The number of unbranched alkanes of at least 4 members (excludes halogenated alkanes) is 6. The second kappa shape index (κ2) is 12.1. The van der Waals surface area contributed by atoms with Gasteiger partial charge in [0.25, 0.3) is 0 Å². The normalized spacial score (nSPS) is 12.8. The molecule has 0 fully saturated rings. The predicted octanol–water partition coefficient (Wildman–Crippen LogP) is 7.45. The summed E-state index contributed by atoms with van der Waals surface area (Å²) in [5.41, 5.74) is 0. The van der Waals surface area contributed by atoms with Gasteiger partial charge in [0.1, 0.15) is 0 Å². The molecule has 0 aliphatic heterocycles. The molecule has 122 valence electrons. The van der Waals surface area contributed by atoms with Gasteiger partial charge in [0, 0.05) is 15.4 Å². The summed E-state index contributed by atoms with van der Waals surface area (Å²) in [6.07, 6.45) is 12.1. The maximum Gasteiger partial charge on any atom is 0.0843 e. The highest BCUT2D eigenvalue weighted by Gasteiger charge is 2.14. The van der Waals surface area contributed by atoms with Gasteiger partial charge in [-0.1, -0.05) is 58.8 Å². The van der Waals surface area contributed by atoms with Crippen LogP contribution in [0.1, 0.15) is 82.6 Å². The molecule has 1 heterocycles. The van der Waals surface area contributed by atoms with Crippen molar-refractivity contribution in [3.8, 4) is 0 Å². The first-order valence-electron chi connectivity index (χ1n) is 8.37. The Bertz CT molecular complexity index is 359. The lowest BCUT2D eigenvalue weighted by Gasteiger charge is -2.17. The minimum Gasteiger partial charge on any atom is -0.309 e. The molecule has 0 amide bonds. The third-order valence-corrected chi connectivity index (χ3v) is 7.11. The molecule has 0 aromatic carbocycles. The highest BCUT2D eigenvalue weighted by atomic mass is 79.9. The van der Waals surface area contributed by atoms with E-state index in [0.29, 0.717) is 6.04 Å². The van der Waals surface area contributed by atoms with Crippen LogP contribution < -0.4 is 5.32 Å². The zero-order valence-corrected chi connectivity index (χ0v) is 17.4. The smallest absolute Gasteiger partial charge is 0.0843 e. The van der Waals surface area contributed by atoms with Crippen molar-refractivity contribution >= 4 is 43.2 Å². The number of thiophene rings is 1. The molecule has 1 N–H and O–H groups in total. The summed E-state index contributed by atoms with van der Waals surface area (Å²) in [6, 6.07) is 2.79. The van der Waals surface area contributed by atoms with E-state index >= 15 is 0 Å². The van der Waals surface area contributed by atoms with Crippen molar-refractivity contribution in [3.05, 3.63) is 19.2 Å². The van der Waals surface area contributed by atoms with Crippen LogP contribution in [0.2, 0.25) is 0 Å². The Balaban J connectivity index is 2.33. The van der Waals surface area contributed by atoms with E-state index in [0.717, 1.165) is 6.54 Å². The monoisotopic (exact) mass is 437 g/mol. The van der Waals surface area contributed by atoms with Crippen molar-refractivity contribution in [2.45, 2.75) is 77.7 Å².